The first-order valence-corrected chi connectivity index (χ1v) is 9.32. The van der Waals surface area contributed by atoms with Crippen molar-refractivity contribution < 1.29 is 14.3 Å². The van der Waals surface area contributed by atoms with Gasteiger partial charge in [0.15, 0.2) is 11.6 Å². The number of aromatic nitrogens is 1. The molecule has 1 aromatic heterocycles. The Kier molecular flexibility index (Phi) is 8.79. The monoisotopic (exact) mass is 413 g/mol. The quantitative estimate of drug-likeness (QED) is 0.664. The zero-order valence-electron chi connectivity index (χ0n) is 16.4. The standard InChI is InChI=1S/C13H13N3O2.C9H11ClO/c14-13-12(5-2-6-15-13)18-8-10-3-1-4-11(7-10)16-9-17;1-7-4-3-5-9(11-2)8(10)6-7/h1-7,9H,8H2,(H2,14,15)(H,16,17);4-6H,3H2,1-2H3. The fourth-order valence-corrected chi connectivity index (χ4v) is 2.79. The van der Waals surface area contributed by atoms with Crippen molar-refractivity contribution in [2.75, 3.05) is 18.2 Å². The van der Waals surface area contributed by atoms with Crippen molar-refractivity contribution in [3.8, 4) is 5.75 Å². The summed E-state index contributed by atoms with van der Waals surface area (Å²) in [7, 11) is 1.63. The highest BCUT2D eigenvalue weighted by Gasteiger charge is 2.04. The summed E-state index contributed by atoms with van der Waals surface area (Å²) in [5.41, 5.74) is 8.51. The molecule has 0 saturated heterocycles. The van der Waals surface area contributed by atoms with Gasteiger partial charge in [0, 0.05) is 11.9 Å². The van der Waals surface area contributed by atoms with Gasteiger partial charge in [-0.05, 0) is 55.3 Å². The Morgan fingerprint density at radius 1 is 1.28 bits per heavy atom. The highest BCUT2D eigenvalue weighted by Crippen LogP contribution is 2.21. The first-order chi connectivity index (χ1) is 14.0. The summed E-state index contributed by atoms with van der Waals surface area (Å²) >= 11 is 5.91. The van der Waals surface area contributed by atoms with Crippen LogP contribution in [0.4, 0.5) is 11.5 Å². The van der Waals surface area contributed by atoms with Crippen molar-refractivity contribution in [3.63, 3.8) is 0 Å². The number of nitrogens with one attached hydrogen (secondary N) is 1. The fourth-order valence-electron chi connectivity index (χ4n) is 2.46. The molecule has 152 valence electrons. The molecule has 1 heterocycles. The SMILES string of the molecule is COC1=CCC=C(C)C=C1Cl.Nc1ncccc1OCc1cccc(NC=O)c1. The highest BCUT2D eigenvalue weighted by molar-refractivity contribution is 6.31. The number of hydrogen-bond donors (Lipinski definition) is 2. The minimum atomic E-state index is 0.361. The first kappa shape index (κ1) is 22.0. The second-order valence-electron chi connectivity index (χ2n) is 6.09. The van der Waals surface area contributed by atoms with Crippen molar-refractivity contribution >= 4 is 29.5 Å². The highest BCUT2D eigenvalue weighted by atomic mass is 35.5. The van der Waals surface area contributed by atoms with Gasteiger partial charge in [0.25, 0.3) is 0 Å². The molecule has 0 atom stereocenters. The van der Waals surface area contributed by atoms with Crippen LogP contribution in [0.2, 0.25) is 0 Å². The number of anilines is 2. The number of allylic oxidation sites excluding steroid dienone is 5. The summed E-state index contributed by atoms with van der Waals surface area (Å²) in [5.74, 6) is 1.67. The predicted molar refractivity (Wildman–Crippen MR) is 117 cm³/mol. The average molecular weight is 414 g/mol. The molecule has 1 aromatic carbocycles. The van der Waals surface area contributed by atoms with E-state index < -0.39 is 0 Å². The number of nitrogen functional groups attached to an aromatic ring is 1. The van der Waals surface area contributed by atoms with E-state index in [-0.39, 0.29) is 0 Å². The van der Waals surface area contributed by atoms with E-state index in [4.69, 9.17) is 26.8 Å². The van der Waals surface area contributed by atoms with Gasteiger partial charge in [-0.3, -0.25) is 4.79 Å². The minimum Gasteiger partial charge on any atom is -0.496 e. The van der Waals surface area contributed by atoms with Crippen molar-refractivity contribution in [2.45, 2.75) is 20.0 Å². The van der Waals surface area contributed by atoms with Crippen molar-refractivity contribution in [2.24, 2.45) is 0 Å². The van der Waals surface area contributed by atoms with E-state index in [0.29, 0.717) is 29.6 Å². The van der Waals surface area contributed by atoms with Gasteiger partial charge in [0.05, 0.1) is 12.1 Å². The molecule has 1 amide bonds. The largest absolute Gasteiger partial charge is 0.496 e. The third-order valence-corrected chi connectivity index (χ3v) is 4.19. The summed E-state index contributed by atoms with van der Waals surface area (Å²) in [6.45, 7) is 2.39. The lowest BCUT2D eigenvalue weighted by Gasteiger charge is -2.08. The van der Waals surface area contributed by atoms with Crippen LogP contribution < -0.4 is 15.8 Å². The Bertz CT molecular complexity index is 923. The number of rotatable bonds is 6. The Morgan fingerprint density at radius 2 is 2.10 bits per heavy atom. The van der Waals surface area contributed by atoms with Crippen LogP contribution in [0.3, 0.4) is 0 Å². The molecule has 0 aliphatic heterocycles. The van der Waals surface area contributed by atoms with Crippen molar-refractivity contribution in [3.05, 3.63) is 82.8 Å². The van der Waals surface area contributed by atoms with E-state index in [9.17, 15) is 4.79 Å². The van der Waals surface area contributed by atoms with Gasteiger partial charge in [0.2, 0.25) is 6.41 Å². The maximum absolute atomic E-state index is 10.3. The van der Waals surface area contributed by atoms with Gasteiger partial charge in [-0.25, -0.2) is 4.98 Å². The fraction of sp³-hybridized carbons (Fsp3) is 0.182. The van der Waals surface area contributed by atoms with Crippen LogP contribution >= 0.6 is 11.6 Å². The van der Waals surface area contributed by atoms with Crippen LogP contribution in [0, 0.1) is 0 Å². The van der Waals surface area contributed by atoms with E-state index in [1.807, 2.05) is 37.3 Å². The van der Waals surface area contributed by atoms with Crippen LogP contribution in [-0.2, 0) is 16.1 Å². The van der Waals surface area contributed by atoms with E-state index in [1.54, 1.807) is 31.5 Å². The molecule has 0 radical (unpaired) electrons. The molecule has 2 aromatic rings. The summed E-state index contributed by atoms with van der Waals surface area (Å²) < 4.78 is 10.6. The number of pyridine rings is 1. The molecule has 0 spiro atoms. The molecule has 6 nitrogen and oxygen atoms in total. The van der Waals surface area contributed by atoms with Gasteiger partial charge in [0.1, 0.15) is 12.4 Å². The Balaban J connectivity index is 0.000000234. The summed E-state index contributed by atoms with van der Waals surface area (Å²) in [6, 6.07) is 10.9. The number of carbonyl (C=O) groups excluding carboxylic acids is 1. The molecule has 1 aliphatic carbocycles. The van der Waals surface area contributed by atoms with Crippen LogP contribution in [0.25, 0.3) is 0 Å². The van der Waals surface area contributed by atoms with Gasteiger partial charge in [-0.1, -0.05) is 35.4 Å². The van der Waals surface area contributed by atoms with Gasteiger partial charge >= 0.3 is 0 Å². The predicted octanol–water partition coefficient (Wildman–Crippen LogP) is 4.80. The van der Waals surface area contributed by atoms with Gasteiger partial charge < -0.3 is 20.5 Å². The molecular formula is C22H24ClN3O3. The average Bonchev–Trinajstić information content (AvgIpc) is 2.88. The lowest BCUT2D eigenvalue weighted by molar-refractivity contribution is -0.105. The summed E-state index contributed by atoms with van der Waals surface area (Å²) in [4.78, 5) is 14.3. The normalized spacial score (nSPS) is 12.9. The molecular weight excluding hydrogens is 390 g/mol. The molecule has 0 bridgehead atoms. The molecule has 29 heavy (non-hydrogen) atoms. The smallest absolute Gasteiger partial charge is 0.211 e. The zero-order valence-corrected chi connectivity index (χ0v) is 17.1. The second kappa shape index (κ2) is 11.6. The van der Waals surface area contributed by atoms with Crippen molar-refractivity contribution in [1.29, 1.82) is 0 Å². The van der Waals surface area contributed by atoms with Crippen LogP contribution in [0.15, 0.2) is 77.2 Å². The number of amides is 1. The number of nitrogens with two attached hydrogens (primary N) is 1. The number of halogens is 1. The van der Waals surface area contributed by atoms with Crippen LogP contribution in [0.5, 0.6) is 5.75 Å². The summed E-state index contributed by atoms with van der Waals surface area (Å²) in [6.07, 6.45) is 9.12. The van der Waals surface area contributed by atoms with Gasteiger partial charge in [-0.2, -0.15) is 0 Å². The molecule has 3 rings (SSSR count). The Morgan fingerprint density at radius 3 is 2.83 bits per heavy atom. The van der Waals surface area contributed by atoms with E-state index in [2.05, 4.69) is 16.4 Å². The van der Waals surface area contributed by atoms with Crippen molar-refractivity contribution in [1.82, 2.24) is 4.98 Å². The number of ether oxygens (including phenoxy) is 2. The lowest BCUT2D eigenvalue weighted by Crippen LogP contribution is -2.01. The number of nitrogens with zero attached hydrogens (tertiary/aromatic N) is 1. The van der Waals surface area contributed by atoms with Crippen LogP contribution in [0.1, 0.15) is 18.9 Å². The Hall–Kier alpha value is -3.25. The third-order valence-electron chi connectivity index (χ3n) is 3.90. The number of methoxy groups -OCH3 is 1. The summed E-state index contributed by atoms with van der Waals surface area (Å²) in [5, 5.41) is 3.26. The van der Waals surface area contributed by atoms with E-state index in [1.165, 1.54) is 5.57 Å². The molecule has 0 unspecified atom stereocenters. The number of hydrogen-bond acceptors (Lipinski definition) is 5. The topological polar surface area (TPSA) is 86.5 Å². The maximum Gasteiger partial charge on any atom is 0.211 e. The maximum atomic E-state index is 10.3. The minimum absolute atomic E-state index is 0.361. The first-order valence-electron chi connectivity index (χ1n) is 8.94. The molecule has 1 aliphatic rings. The van der Waals surface area contributed by atoms with E-state index in [0.717, 1.165) is 23.4 Å². The molecule has 3 N–H and O–H groups in total. The Labute approximate surface area is 175 Å². The third kappa shape index (κ3) is 7.35. The second-order valence-corrected chi connectivity index (χ2v) is 6.49. The molecule has 0 saturated carbocycles. The lowest BCUT2D eigenvalue weighted by atomic mass is 10.2. The zero-order chi connectivity index (χ0) is 21.1. The molecule has 7 heteroatoms. The van der Waals surface area contributed by atoms with E-state index >= 15 is 0 Å². The van der Waals surface area contributed by atoms with Crippen LogP contribution in [-0.4, -0.2) is 18.5 Å². The van der Waals surface area contributed by atoms with Gasteiger partial charge in [-0.15, -0.1) is 0 Å². The molecule has 0 fully saturated rings. The number of carbonyl (C=O) groups is 1. The number of benzene rings is 1.